The number of halogens is 1. The Morgan fingerprint density at radius 2 is 1.42 bits per heavy atom. The number of hydrogen-bond donors (Lipinski definition) is 0. The van der Waals surface area contributed by atoms with Crippen LogP contribution in [0.1, 0.15) is 0 Å². The average molecular weight is 323 g/mol. The monoisotopic (exact) mass is 322 g/mol. The second-order valence-electron chi connectivity index (χ2n) is 3.73. The molecule has 0 saturated carbocycles. The van der Waals surface area contributed by atoms with Gasteiger partial charge in [-0.3, -0.25) is 20.2 Å². The molecule has 0 aliphatic carbocycles. The van der Waals surface area contributed by atoms with Crippen molar-refractivity contribution in [2.24, 2.45) is 0 Å². The average Bonchev–Trinajstić information content (AvgIpc) is 2.39. The van der Waals surface area contributed by atoms with E-state index in [-0.39, 0.29) is 11.4 Å². The van der Waals surface area contributed by atoms with E-state index in [2.05, 4.69) is 15.9 Å². The second-order valence-corrected chi connectivity index (χ2v) is 4.58. The first-order valence-electron chi connectivity index (χ1n) is 5.18. The molecule has 0 aliphatic heterocycles. The zero-order valence-electron chi connectivity index (χ0n) is 9.45. The Hall–Kier alpha value is -2.28. The Bertz CT molecular complexity index is 655. The summed E-state index contributed by atoms with van der Waals surface area (Å²) in [6, 6.07) is 10.6. The third-order valence-corrected chi connectivity index (χ3v) is 3.22. The van der Waals surface area contributed by atoms with Gasteiger partial charge in [-0.1, -0.05) is 6.07 Å². The van der Waals surface area contributed by atoms with Crippen LogP contribution in [0.5, 0.6) is 0 Å². The van der Waals surface area contributed by atoms with Crippen LogP contribution >= 0.6 is 15.9 Å². The molecule has 0 atom stereocenters. The summed E-state index contributed by atoms with van der Waals surface area (Å²) in [5, 5.41) is 21.4. The molecule has 0 saturated heterocycles. The topological polar surface area (TPSA) is 86.3 Å². The number of nitro groups is 2. The summed E-state index contributed by atoms with van der Waals surface area (Å²) in [6.45, 7) is 0. The highest BCUT2D eigenvalue weighted by atomic mass is 79.9. The summed E-state index contributed by atoms with van der Waals surface area (Å²) in [5.74, 6) is 0. The van der Waals surface area contributed by atoms with Crippen molar-refractivity contribution in [3.05, 3.63) is 67.2 Å². The summed E-state index contributed by atoms with van der Waals surface area (Å²) < 4.78 is 0.392. The van der Waals surface area contributed by atoms with E-state index in [0.717, 1.165) is 0 Å². The van der Waals surface area contributed by atoms with Crippen molar-refractivity contribution in [1.29, 1.82) is 0 Å². The lowest BCUT2D eigenvalue weighted by molar-refractivity contribution is -0.385. The maximum Gasteiger partial charge on any atom is 0.284 e. The molecule has 0 spiro atoms. The fourth-order valence-electron chi connectivity index (χ4n) is 1.61. The number of hydrogen-bond acceptors (Lipinski definition) is 4. The lowest BCUT2D eigenvalue weighted by atomic mass is 10.0. The van der Waals surface area contributed by atoms with Crippen LogP contribution in [0.15, 0.2) is 46.9 Å². The van der Waals surface area contributed by atoms with Gasteiger partial charge in [0.25, 0.3) is 11.4 Å². The van der Waals surface area contributed by atoms with Gasteiger partial charge in [-0.25, -0.2) is 0 Å². The van der Waals surface area contributed by atoms with E-state index in [1.807, 2.05) is 0 Å². The molecule has 2 aromatic rings. The first-order chi connectivity index (χ1) is 8.99. The van der Waals surface area contributed by atoms with Crippen LogP contribution in [-0.4, -0.2) is 9.85 Å². The highest BCUT2D eigenvalue weighted by Gasteiger charge is 2.13. The molecule has 19 heavy (non-hydrogen) atoms. The molecule has 0 aromatic heterocycles. The summed E-state index contributed by atoms with van der Waals surface area (Å²) >= 11 is 3.10. The first-order valence-corrected chi connectivity index (χ1v) is 5.97. The van der Waals surface area contributed by atoms with Crippen molar-refractivity contribution in [3.8, 4) is 11.1 Å². The summed E-state index contributed by atoms with van der Waals surface area (Å²) in [6.07, 6.45) is 0. The van der Waals surface area contributed by atoms with Crippen molar-refractivity contribution >= 4 is 27.3 Å². The van der Waals surface area contributed by atoms with Crippen LogP contribution in [0.3, 0.4) is 0 Å². The summed E-state index contributed by atoms with van der Waals surface area (Å²) in [5.41, 5.74) is 1.25. The normalized spacial score (nSPS) is 10.2. The predicted octanol–water partition coefficient (Wildman–Crippen LogP) is 3.93. The largest absolute Gasteiger partial charge is 0.284 e. The molecule has 0 fully saturated rings. The smallest absolute Gasteiger partial charge is 0.258 e. The van der Waals surface area contributed by atoms with Gasteiger partial charge >= 0.3 is 0 Å². The van der Waals surface area contributed by atoms with E-state index in [4.69, 9.17) is 0 Å². The Labute approximate surface area is 116 Å². The van der Waals surface area contributed by atoms with Gasteiger partial charge in [0.2, 0.25) is 0 Å². The summed E-state index contributed by atoms with van der Waals surface area (Å²) in [4.78, 5) is 20.4. The van der Waals surface area contributed by atoms with E-state index >= 15 is 0 Å². The van der Waals surface area contributed by atoms with Gasteiger partial charge in [-0.05, 0) is 45.3 Å². The third-order valence-electron chi connectivity index (χ3n) is 2.55. The van der Waals surface area contributed by atoms with Crippen LogP contribution < -0.4 is 0 Å². The molecule has 2 rings (SSSR count). The van der Waals surface area contributed by atoms with E-state index in [1.165, 1.54) is 18.2 Å². The Morgan fingerprint density at radius 1 is 0.842 bits per heavy atom. The van der Waals surface area contributed by atoms with E-state index in [1.54, 1.807) is 24.3 Å². The van der Waals surface area contributed by atoms with E-state index in [9.17, 15) is 20.2 Å². The molecular formula is C12H7BrN2O4. The Balaban J connectivity index is 2.44. The SMILES string of the molecule is O=[N+]([O-])c1ccc(-c2ccc(Br)c([N+](=O)[O-])c2)cc1. The summed E-state index contributed by atoms with van der Waals surface area (Å²) in [7, 11) is 0. The molecule has 0 bridgehead atoms. The van der Waals surface area contributed by atoms with Crippen molar-refractivity contribution in [2.45, 2.75) is 0 Å². The van der Waals surface area contributed by atoms with Gasteiger partial charge in [0, 0.05) is 18.2 Å². The minimum atomic E-state index is -0.492. The molecule has 0 amide bonds. The van der Waals surface area contributed by atoms with Gasteiger partial charge in [-0.15, -0.1) is 0 Å². The molecule has 0 unspecified atom stereocenters. The minimum absolute atomic E-state index is 0.0182. The van der Waals surface area contributed by atoms with Crippen LogP contribution in [0.2, 0.25) is 0 Å². The molecule has 96 valence electrons. The van der Waals surface area contributed by atoms with Crippen molar-refractivity contribution in [1.82, 2.24) is 0 Å². The number of nitro benzene ring substituents is 2. The van der Waals surface area contributed by atoms with E-state index < -0.39 is 9.85 Å². The third kappa shape index (κ3) is 2.76. The van der Waals surface area contributed by atoms with Crippen LogP contribution in [-0.2, 0) is 0 Å². The molecule has 0 heterocycles. The number of benzene rings is 2. The van der Waals surface area contributed by atoms with Crippen molar-refractivity contribution < 1.29 is 9.85 Å². The highest BCUT2D eigenvalue weighted by Crippen LogP contribution is 2.31. The van der Waals surface area contributed by atoms with Gasteiger partial charge < -0.3 is 0 Å². The first kappa shape index (κ1) is 13.2. The van der Waals surface area contributed by atoms with E-state index in [0.29, 0.717) is 15.6 Å². The zero-order chi connectivity index (χ0) is 14.0. The van der Waals surface area contributed by atoms with Gasteiger partial charge in [0.05, 0.1) is 14.3 Å². The highest BCUT2D eigenvalue weighted by molar-refractivity contribution is 9.10. The van der Waals surface area contributed by atoms with Crippen LogP contribution in [0.25, 0.3) is 11.1 Å². The standard InChI is InChI=1S/C12H7BrN2O4/c13-11-6-3-9(7-12(11)15(18)19)8-1-4-10(5-2-8)14(16)17/h1-7H. The maximum atomic E-state index is 10.8. The molecule has 0 radical (unpaired) electrons. The molecule has 2 aromatic carbocycles. The second kappa shape index (κ2) is 5.15. The molecule has 7 heteroatoms. The Morgan fingerprint density at radius 3 is 1.95 bits per heavy atom. The molecule has 6 nitrogen and oxygen atoms in total. The van der Waals surface area contributed by atoms with Gasteiger partial charge in [-0.2, -0.15) is 0 Å². The van der Waals surface area contributed by atoms with Crippen molar-refractivity contribution in [3.63, 3.8) is 0 Å². The zero-order valence-corrected chi connectivity index (χ0v) is 11.0. The molecular weight excluding hydrogens is 316 g/mol. The molecule has 0 N–H and O–H groups in total. The molecule has 0 aliphatic rings. The van der Waals surface area contributed by atoms with Crippen molar-refractivity contribution in [2.75, 3.05) is 0 Å². The number of rotatable bonds is 3. The minimum Gasteiger partial charge on any atom is -0.258 e. The Kier molecular flexibility index (Phi) is 3.57. The lowest BCUT2D eigenvalue weighted by Crippen LogP contribution is -1.91. The van der Waals surface area contributed by atoms with Gasteiger partial charge in [0.1, 0.15) is 0 Å². The lowest BCUT2D eigenvalue weighted by Gasteiger charge is -2.02. The fraction of sp³-hybridized carbons (Fsp3) is 0. The quantitative estimate of drug-likeness (QED) is 0.632. The van der Waals surface area contributed by atoms with Crippen LogP contribution in [0.4, 0.5) is 11.4 Å². The number of non-ortho nitro benzene ring substituents is 1. The number of nitrogens with zero attached hydrogens (tertiary/aromatic N) is 2. The fourth-order valence-corrected chi connectivity index (χ4v) is 2.00. The predicted molar refractivity (Wildman–Crippen MR) is 72.9 cm³/mol. The van der Waals surface area contributed by atoms with Gasteiger partial charge in [0.15, 0.2) is 0 Å². The van der Waals surface area contributed by atoms with Crippen LogP contribution in [0, 0.1) is 20.2 Å². The maximum absolute atomic E-state index is 10.8.